The molecule has 0 aliphatic rings. The summed E-state index contributed by atoms with van der Waals surface area (Å²) in [7, 11) is 3.41. The lowest BCUT2D eigenvalue weighted by molar-refractivity contribution is 0.0796. The second-order valence-corrected chi connectivity index (χ2v) is 14.6. The maximum Gasteiger partial charge on any atom is 0.505 e. The number of hydrogen-bond donors (Lipinski definition) is 0. The third-order valence-electron chi connectivity index (χ3n) is 3.62. The van der Waals surface area contributed by atoms with Gasteiger partial charge >= 0.3 is 17.6 Å². The van der Waals surface area contributed by atoms with Gasteiger partial charge in [0.2, 0.25) is 0 Å². The molecule has 24 heavy (non-hydrogen) atoms. The topological polar surface area (TPSA) is 55.4 Å². The highest BCUT2D eigenvalue weighted by Gasteiger charge is 2.50. The molecule has 0 fully saturated rings. The van der Waals surface area contributed by atoms with Crippen LogP contribution in [0.4, 0.5) is 0 Å². The zero-order chi connectivity index (χ0) is 19.6. The summed E-state index contributed by atoms with van der Waals surface area (Å²) >= 11 is 0. The molecule has 148 valence electrons. The van der Waals surface area contributed by atoms with Crippen LogP contribution in [0.25, 0.3) is 0 Å². The summed E-state index contributed by atoms with van der Waals surface area (Å²) in [5.74, 6) is 0.510. The summed E-state index contributed by atoms with van der Waals surface area (Å²) in [6.07, 6.45) is 0. The summed E-state index contributed by atoms with van der Waals surface area (Å²) in [5, 5.41) is -0.0642. The Hall–Kier alpha value is 0.194. The van der Waals surface area contributed by atoms with Gasteiger partial charge in [0.15, 0.2) is 0 Å². The predicted molar refractivity (Wildman–Crippen MR) is 102 cm³/mol. The molecule has 0 saturated heterocycles. The third-order valence-corrected chi connectivity index (χ3v) is 10.2. The smallest absolute Gasteiger partial charge is 0.377 e. The minimum absolute atomic E-state index is 0.0642. The van der Waals surface area contributed by atoms with E-state index in [4.69, 9.17) is 26.6 Å². The molecular formula is C16H40O6Si2. The van der Waals surface area contributed by atoms with E-state index < -0.39 is 17.6 Å². The zero-order valence-electron chi connectivity index (χ0n) is 17.8. The lowest BCUT2D eigenvalue weighted by atomic mass is 10.2. The van der Waals surface area contributed by atoms with Gasteiger partial charge in [-0.2, -0.15) is 0 Å². The van der Waals surface area contributed by atoms with Gasteiger partial charge in [0, 0.05) is 52.7 Å². The molecular weight excluding hydrogens is 344 g/mol. The van der Waals surface area contributed by atoms with E-state index in [1.165, 1.54) is 0 Å². The maximum absolute atomic E-state index is 5.75. The number of hydrogen-bond acceptors (Lipinski definition) is 6. The minimum Gasteiger partial charge on any atom is -0.377 e. The largest absolute Gasteiger partial charge is 0.505 e. The van der Waals surface area contributed by atoms with Gasteiger partial charge in [-0.3, -0.25) is 0 Å². The molecule has 8 heteroatoms. The fourth-order valence-corrected chi connectivity index (χ4v) is 6.87. The van der Waals surface area contributed by atoms with Crippen LogP contribution in [-0.4, -0.2) is 59.8 Å². The molecule has 0 unspecified atom stereocenters. The van der Waals surface area contributed by atoms with Gasteiger partial charge in [-0.25, -0.2) is 0 Å². The van der Waals surface area contributed by atoms with E-state index in [0.29, 0.717) is 18.1 Å². The Morgan fingerprint density at radius 1 is 0.708 bits per heavy atom. The SMILES string of the molecule is CO[Si](OC)(OC)C(C)(C)C.CO[Si](OC)(OCC(C)C)C(C)C. The van der Waals surface area contributed by atoms with Crippen molar-refractivity contribution in [2.45, 2.75) is 59.0 Å². The molecule has 0 aliphatic carbocycles. The van der Waals surface area contributed by atoms with Crippen molar-refractivity contribution in [3.05, 3.63) is 0 Å². The van der Waals surface area contributed by atoms with Gasteiger partial charge in [-0.15, -0.1) is 0 Å². The second-order valence-electron chi connectivity index (χ2n) is 7.29. The first kappa shape index (κ1) is 26.4. The molecule has 0 aromatic rings. The van der Waals surface area contributed by atoms with Gasteiger partial charge in [0.05, 0.1) is 0 Å². The first-order valence-electron chi connectivity index (χ1n) is 8.31. The van der Waals surface area contributed by atoms with Crippen molar-refractivity contribution in [2.75, 3.05) is 42.2 Å². The molecule has 0 heterocycles. The van der Waals surface area contributed by atoms with Crippen molar-refractivity contribution in [3.8, 4) is 0 Å². The molecule has 0 amide bonds. The summed E-state index contributed by atoms with van der Waals surface area (Å²) < 4.78 is 32.4. The fraction of sp³-hybridized carbons (Fsp3) is 1.00. The Morgan fingerprint density at radius 2 is 1.08 bits per heavy atom. The average molecular weight is 385 g/mol. The summed E-state index contributed by atoms with van der Waals surface area (Å²) in [5.41, 5.74) is 0.307. The molecule has 0 aliphatic heterocycles. The highest BCUT2D eigenvalue weighted by molar-refractivity contribution is 6.63. The quantitative estimate of drug-likeness (QED) is 0.561. The van der Waals surface area contributed by atoms with E-state index >= 15 is 0 Å². The monoisotopic (exact) mass is 384 g/mol. The van der Waals surface area contributed by atoms with Crippen LogP contribution in [0.1, 0.15) is 48.5 Å². The van der Waals surface area contributed by atoms with Gasteiger partial charge in [0.25, 0.3) is 0 Å². The maximum atomic E-state index is 5.75. The normalized spacial score (nSPS) is 13.2. The van der Waals surface area contributed by atoms with Crippen LogP contribution in [0, 0.1) is 5.92 Å². The van der Waals surface area contributed by atoms with Crippen LogP contribution in [0.2, 0.25) is 10.6 Å². The van der Waals surface area contributed by atoms with Crippen molar-refractivity contribution in [1.29, 1.82) is 0 Å². The third kappa shape index (κ3) is 7.61. The lowest BCUT2D eigenvalue weighted by Crippen LogP contribution is -2.51. The molecule has 0 N–H and O–H groups in total. The molecule has 0 atom stereocenters. The fourth-order valence-electron chi connectivity index (χ4n) is 2.29. The van der Waals surface area contributed by atoms with E-state index in [-0.39, 0.29) is 5.04 Å². The van der Waals surface area contributed by atoms with E-state index in [0.717, 1.165) is 0 Å². The van der Waals surface area contributed by atoms with E-state index in [2.05, 4.69) is 48.5 Å². The van der Waals surface area contributed by atoms with E-state index in [1.54, 1.807) is 35.5 Å². The first-order chi connectivity index (χ1) is 10.9. The van der Waals surface area contributed by atoms with Crippen molar-refractivity contribution >= 4 is 17.6 Å². The van der Waals surface area contributed by atoms with Crippen molar-refractivity contribution in [1.82, 2.24) is 0 Å². The molecule has 0 aromatic heterocycles. The Labute approximate surface area is 151 Å². The Bertz CT molecular complexity index is 302. The van der Waals surface area contributed by atoms with Crippen LogP contribution in [-0.2, 0) is 26.6 Å². The van der Waals surface area contributed by atoms with Gasteiger partial charge < -0.3 is 26.6 Å². The molecule has 0 radical (unpaired) electrons. The Morgan fingerprint density at radius 3 is 1.21 bits per heavy atom. The number of rotatable bonds is 9. The van der Waals surface area contributed by atoms with Crippen LogP contribution in [0.3, 0.4) is 0 Å². The Kier molecular flexibility index (Phi) is 12.9. The lowest BCUT2D eigenvalue weighted by Gasteiger charge is -2.35. The van der Waals surface area contributed by atoms with Gasteiger partial charge in [-0.05, 0) is 5.92 Å². The summed E-state index contributed by atoms with van der Waals surface area (Å²) in [4.78, 5) is 0. The molecule has 0 rings (SSSR count). The summed E-state index contributed by atoms with van der Waals surface area (Å²) in [6, 6.07) is 0. The molecule has 0 bridgehead atoms. The highest BCUT2D eigenvalue weighted by Crippen LogP contribution is 2.36. The van der Waals surface area contributed by atoms with Crippen LogP contribution in [0.15, 0.2) is 0 Å². The molecule has 0 aromatic carbocycles. The standard InChI is InChI=1S/C9H22O3Si.C7H18O3Si/c1-8(2)7-12-13(10-5,11-6)9(3)4;1-7(2,3)11(8-4,9-5)10-6/h8-9H,7H2,1-6H3;1-6H3. The van der Waals surface area contributed by atoms with Crippen LogP contribution >= 0.6 is 0 Å². The van der Waals surface area contributed by atoms with Crippen molar-refractivity contribution < 1.29 is 26.6 Å². The Balaban J connectivity index is 0. The second kappa shape index (κ2) is 11.7. The summed E-state index contributed by atoms with van der Waals surface area (Å²) in [6.45, 7) is 15.2. The minimum atomic E-state index is -2.42. The molecule has 0 saturated carbocycles. The predicted octanol–water partition coefficient (Wildman–Crippen LogP) is 3.97. The van der Waals surface area contributed by atoms with E-state index in [9.17, 15) is 0 Å². The average Bonchev–Trinajstić information content (AvgIpc) is 2.50. The van der Waals surface area contributed by atoms with Crippen LogP contribution < -0.4 is 0 Å². The first-order valence-corrected chi connectivity index (χ1v) is 11.8. The van der Waals surface area contributed by atoms with Crippen molar-refractivity contribution in [3.63, 3.8) is 0 Å². The van der Waals surface area contributed by atoms with Gasteiger partial charge in [0.1, 0.15) is 0 Å². The van der Waals surface area contributed by atoms with Crippen molar-refractivity contribution in [2.24, 2.45) is 5.92 Å². The van der Waals surface area contributed by atoms with Gasteiger partial charge in [-0.1, -0.05) is 48.5 Å². The van der Waals surface area contributed by atoms with Crippen LogP contribution in [0.5, 0.6) is 0 Å². The zero-order valence-corrected chi connectivity index (χ0v) is 19.8. The molecule has 6 nitrogen and oxygen atoms in total. The molecule has 0 spiro atoms. The van der Waals surface area contributed by atoms with E-state index in [1.807, 2.05) is 0 Å². The highest BCUT2D eigenvalue weighted by atomic mass is 28.4.